The topological polar surface area (TPSA) is 113 Å². The van der Waals surface area contributed by atoms with E-state index in [1.165, 1.54) is 12.0 Å². The second-order valence-electron chi connectivity index (χ2n) is 23.1. The maximum Gasteiger partial charge on any atom is 0.309 e. The van der Waals surface area contributed by atoms with Gasteiger partial charge in [-0.1, -0.05) is 60.6 Å². The lowest BCUT2D eigenvalue weighted by atomic mass is 9.32. The Labute approximate surface area is 338 Å². The first-order valence-electron chi connectivity index (χ1n) is 22.7. The molecular weight excluding hydrogens is 701 g/mol. The minimum atomic E-state index is -1.16. The summed E-state index contributed by atoms with van der Waals surface area (Å²) in [4.78, 5) is 55.6. The number of likely N-dealkylation sites (tertiary alicyclic amines) is 1. The zero-order chi connectivity index (χ0) is 41.0. The maximum atomic E-state index is 15.0. The minimum absolute atomic E-state index is 0.0193. The number of allylic oxidation sites excluding steroid dienone is 1. The van der Waals surface area contributed by atoms with Crippen LogP contribution in [-0.4, -0.2) is 59.0 Å². The van der Waals surface area contributed by atoms with Gasteiger partial charge in [0.2, 0.25) is 11.8 Å². The standard InChI is InChI=1S/C48H76N2O6/c1-29(2)30-17-22-48(40(53)49-35-27-32(43(35,5)6)39(52)50-25-13-12-14-26-50)24-23-46(10)31(38(30)48)15-16-34-45(9)20-19-36(56-37(51)28-42(3,4)41(54)55)44(7,8)33(45)18-21-47(34,46)11/h30-36,38H,1,12-28H2,2-11H3,(H,49,53)(H,54,55)/t30-,31?,32+,33?,34?,35+,36-,38?,45-,46+,47+,48-/m0/s1. The largest absolute Gasteiger partial charge is 0.481 e. The lowest BCUT2D eigenvalue weighted by Crippen LogP contribution is -2.68. The van der Waals surface area contributed by atoms with Crippen molar-refractivity contribution < 1.29 is 29.0 Å². The number of amides is 2. The molecule has 8 heteroatoms. The number of ether oxygens (including phenoxy) is 1. The fourth-order valence-corrected chi connectivity index (χ4v) is 15.6. The predicted molar refractivity (Wildman–Crippen MR) is 219 cm³/mol. The van der Waals surface area contributed by atoms with E-state index >= 15 is 4.79 Å². The first-order chi connectivity index (χ1) is 26.0. The molecule has 2 N–H and O–H groups in total. The van der Waals surface area contributed by atoms with Gasteiger partial charge >= 0.3 is 11.9 Å². The van der Waals surface area contributed by atoms with Crippen molar-refractivity contribution in [3.05, 3.63) is 12.2 Å². The molecule has 7 aliphatic rings. The highest BCUT2D eigenvalue weighted by Crippen LogP contribution is 2.77. The molecule has 0 radical (unpaired) electrons. The molecule has 8 nitrogen and oxygen atoms in total. The SMILES string of the molecule is C=C(C)[C@@H]1CC[C@]2(C(=O)N[C@@H]3C[C@H](C(=O)N4CCCCC4)C3(C)C)CC[C@]3(C)C(CCC4[C@@]5(C)CC[C@H](OC(=O)CC(C)(C)C(=O)O)C(C)(C)C5CC[C@]43C)C12. The van der Waals surface area contributed by atoms with Crippen molar-refractivity contribution in [2.45, 2.75) is 178 Å². The fourth-order valence-electron chi connectivity index (χ4n) is 15.6. The van der Waals surface area contributed by atoms with E-state index in [4.69, 9.17) is 4.74 Å². The number of esters is 1. The zero-order valence-electron chi connectivity index (χ0n) is 36.8. The number of rotatable bonds is 8. The fraction of sp³-hybridized carbons (Fsp3) is 0.875. The van der Waals surface area contributed by atoms with Gasteiger partial charge in [-0.25, -0.2) is 0 Å². The van der Waals surface area contributed by atoms with E-state index in [-0.39, 0.29) is 63.4 Å². The summed E-state index contributed by atoms with van der Waals surface area (Å²) in [6.45, 7) is 28.5. The number of aliphatic carboxylic acids is 1. The summed E-state index contributed by atoms with van der Waals surface area (Å²) in [5.41, 5.74) is -0.492. The van der Waals surface area contributed by atoms with Crippen LogP contribution in [0.4, 0.5) is 0 Å². The Morgan fingerprint density at radius 2 is 1.48 bits per heavy atom. The Hall–Kier alpha value is -2.38. The minimum Gasteiger partial charge on any atom is -0.481 e. The van der Waals surface area contributed by atoms with Gasteiger partial charge in [0, 0.05) is 30.5 Å². The average Bonchev–Trinajstić information content (AvgIpc) is 3.53. The van der Waals surface area contributed by atoms with Crippen molar-refractivity contribution in [2.75, 3.05) is 13.1 Å². The molecule has 0 aromatic heterocycles. The molecule has 0 aromatic carbocycles. The number of nitrogens with zero attached hydrogens (tertiary/aromatic N) is 1. The molecule has 0 spiro atoms. The molecule has 1 heterocycles. The van der Waals surface area contributed by atoms with Crippen LogP contribution in [0.1, 0.15) is 166 Å². The van der Waals surface area contributed by atoms with Gasteiger partial charge in [0.05, 0.1) is 17.3 Å². The smallest absolute Gasteiger partial charge is 0.309 e. The molecule has 12 atom stereocenters. The van der Waals surface area contributed by atoms with Gasteiger partial charge in [0.1, 0.15) is 6.10 Å². The number of fused-ring (bicyclic) bond motifs is 7. The van der Waals surface area contributed by atoms with Crippen LogP contribution in [0.25, 0.3) is 0 Å². The van der Waals surface area contributed by atoms with E-state index in [0.29, 0.717) is 29.6 Å². The summed E-state index contributed by atoms with van der Waals surface area (Å²) in [6.07, 6.45) is 14.0. The first-order valence-corrected chi connectivity index (χ1v) is 22.7. The van der Waals surface area contributed by atoms with Crippen LogP contribution < -0.4 is 5.32 Å². The number of carboxylic acids is 1. The highest BCUT2D eigenvalue weighted by molar-refractivity contribution is 5.86. The maximum absolute atomic E-state index is 15.0. The van der Waals surface area contributed by atoms with Gasteiger partial charge in [0.15, 0.2) is 0 Å². The van der Waals surface area contributed by atoms with E-state index in [1.807, 2.05) is 0 Å². The van der Waals surface area contributed by atoms with E-state index in [0.717, 1.165) is 96.6 Å². The van der Waals surface area contributed by atoms with Gasteiger partial charge in [-0.15, -0.1) is 0 Å². The van der Waals surface area contributed by atoms with Crippen molar-refractivity contribution in [1.82, 2.24) is 10.2 Å². The van der Waals surface area contributed by atoms with E-state index in [1.54, 1.807) is 13.8 Å². The number of carbonyl (C=O) groups is 4. The lowest BCUT2D eigenvalue weighted by molar-refractivity contribution is -0.249. The van der Waals surface area contributed by atoms with Crippen LogP contribution >= 0.6 is 0 Å². The van der Waals surface area contributed by atoms with Gasteiger partial charge < -0.3 is 20.1 Å². The monoisotopic (exact) mass is 777 g/mol. The normalized spacial score (nSPS) is 43.8. The average molecular weight is 777 g/mol. The molecule has 56 heavy (non-hydrogen) atoms. The highest BCUT2D eigenvalue weighted by atomic mass is 16.5. The van der Waals surface area contributed by atoms with Gasteiger partial charge in [-0.3, -0.25) is 19.2 Å². The lowest BCUT2D eigenvalue weighted by Gasteiger charge is -2.73. The number of hydrogen-bond acceptors (Lipinski definition) is 5. The molecule has 1 saturated heterocycles. The van der Waals surface area contributed by atoms with Crippen molar-refractivity contribution in [1.29, 1.82) is 0 Å². The molecule has 6 saturated carbocycles. The van der Waals surface area contributed by atoms with Crippen LogP contribution in [0, 0.1) is 73.4 Å². The van der Waals surface area contributed by atoms with Gasteiger partial charge in [-0.2, -0.15) is 0 Å². The number of nitrogens with one attached hydrogen (secondary N) is 1. The van der Waals surface area contributed by atoms with Crippen molar-refractivity contribution in [2.24, 2.45) is 73.4 Å². The van der Waals surface area contributed by atoms with E-state index in [2.05, 4.69) is 72.2 Å². The second-order valence-corrected chi connectivity index (χ2v) is 23.1. The summed E-state index contributed by atoms with van der Waals surface area (Å²) in [7, 11) is 0. The van der Waals surface area contributed by atoms with Crippen molar-refractivity contribution in [3.8, 4) is 0 Å². The predicted octanol–water partition coefficient (Wildman–Crippen LogP) is 9.60. The highest BCUT2D eigenvalue weighted by Gasteiger charge is 2.72. The summed E-state index contributed by atoms with van der Waals surface area (Å²) in [6, 6.07) is 0.0193. The van der Waals surface area contributed by atoms with Crippen LogP contribution in [0.3, 0.4) is 0 Å². The molecule has 1 aliphatic heterocycles. The van der Waals surface area contributed by atoms with Crippen LogP contribution in [-0.2, 0) is 23.9 Å². The zero-order valence-corrected chi connectivity index (χ0v) is 36.8. The summed E-state index contributed by atoms with van der Waals surface area (Å²) in [5, 5.41) is 13.3. The molecular formula is C48H76N2O6. The number of carbonyl (C=O) groups excluding carboxylic acids is 3. The third-order valence-corrected chi connectivity index (χ3v) is 19.4. The van der Waals surface area contributed by atoms with Crippen molar-refractivity contribution >= 4 is 23.8 Å². The molecule has 2 amide bonds. The Morgan fingerprint density at radius 3 is 2.11 bits per heavy atom. The Kier molecular flexibility index (Phi) is 10.3. The number of hydrogen-bond donors (Lipinski definition) is 2. The summed E-state index contributed by atoms with van der Waals surface area (Å²) in [5.74, 6) is 1.12. The Morgan fingerprint density at radius 1 is 0.804 bits per heavy atom. The van der Waals surface area contributed by atoms with E-state index < -0.39 is 22.8 Å². The summed E-state index contributed by atoms with van der Waals surface area (Å²) >= 11 is 0. The van der Waals surface area contributed by atoms with Crippen LogP contribution in [0.2, 0.25) is 0 Å². The van der Waals surface area contributed by atoms with Crippen LogP contribution in [0.5, 0.6) is 0 Å². The number of piperidine rings is 1. The summed E-state index contributed by atoms with van der Waals surface area (Å²) < 4.78 is 6.20. The molecule has 0 aromatic rings. The third kappa shape index (κ3) is 6.07. The Bertz CT molecular complexity index is 1630. The van der Waals surface area contributed by atoms with Crippen LogP contribution in [0.15, 0.2) is 12.2 Å². The third-order valence-electron chi connectivity index (χ3n) is 19.4. The molecule has 0 bridgehead atoms. The van der Waals surface area contributed by atoms with Gasteiger partial charge in [0.25, 0.3) is 0 Å². The Balaban J connectivity index is 1.10. The molecule has 4 unspecified atom stereocenters. The quantitative estimate of drug-likeness (QED) is 0.188. The van der Waals surface area contributed by atoms with E-state index in [9.17, 15) is 19.5 Å². The van der Waals surface area contributed by atoms with Gasteiger partial charge in [-0.05, 0) is 162 Å². The van der Waals surface area contributed by atoms with Crippen molar-refractivity contribution in [3.63, 3.8) is 0 Å². The molecule has 7 fully saturated rings. The molecule has 314 valence electrons. The first kappa shape index (κ1) is 41.8. The molecule has 6 aliphatic carbocycles. The molecule has 7 rings (SSSR count). The number of carboxylic acid groups (broad SMARTS) is 1. The second kappa shape index (κ2) is 13.8.